The van der Waals surface area contributed by atoms with Gasteiger partial charge in [-0.1, -0.05) is 0 Å². The largest absolute Gasteiger partial charge is 0.419 e. The van der Waals surface area contributed by atoms with E-state index in [4.69, 9.17) is 4.79 Å². The van der Waals surface area contributed by atoms with E-state index in [9.17, 15) is 0 Å². The topological polar surface area (TPSA) is 17.1 Å². The van der Waals surface area contributed by atoms with Gasteiger partial charge >= 0.3 is 0 Å². The van der Waals surface area contributed by atoms with E-state index in [-0.39, 0.29) is 59.9 Å². The minimum absolute atomic E-state index is 0. The van der Waals surface area contributed by atoms with Crippen molar-refractivity contribution >= 4 is 6.29 Å². The maximum absolute atomic E-state index is 8.93. The van der Waals surface area contributed by atoms with Crippen molar-refractivity contribution in [2.24, 2.45) is 0 Å². The Labute approximate surface area is 83.0 Å². The van der Waals surface area contributed by atoms with E-state index in [1.807, 2.05) is 0 Å². The van der Waals surface area contributed by atoms with Gasteiger partial charge in [0, 0.05) is 59.9 Å². The van der Waals surface area contributed by atoms with Crippen molar-refractivity contribution in [3.8, 4) is 0 Å². The summed E-state index contributed by atoms with van der Waals surface area (Å²) < 4.78 is 0. The zero-order chi connectivity index (χ0) is 3.41. The van der Waals surface area contributed by atoms with E-state index in [2.05, 4.69) is 6.58 Å². The van der Waals surface area contributed by atoms with Gasteiger partial charge in [0.15, 0.2) is 0 Å². The van der Waals surface area contributed by atoms with E-state index in [1.54, 1.807) is 0 Å². The number of allylic oxidation sites excluding steroid dienone is 1. The number of carbonyl (C=O) groups excluding carboxylic acids is 1. The van der Waals surface area contributed by atoms with Crippen LogP contribution < -0.4 is 0 Å². The van der Waals surface area contributed by atoms with Crippen molar-refractivity contribution in [2.45, 2.75) is 0 Å². The van der Waals surface area contributed by atoms with E-state index in [0.717, 1.165) is 6.08 Å². The molecule has 0 bridgehead atoms. The van der Waals surface area contributed by atoms with E-state index < -0.39 is 0 Å². The van der Waals surface area contributed by atoms with Crippen LogP contribution in [0.25, 0.3) is 0 Å². The molecule has 0 aliphatic heterocycles. The molecule has 0 saturated carbocycles. The van der Waals surface area contributed by atoms with Crippen LogP contribution in [0.2, 0.25) is 0 Å². The van der Waals surface area contributed by atoms with E-state index >= 15 is 0 Å². The predicted molar refractivity (Wildman–Crippen MR) is 15.9 cm³/mol. The van der Waals surface area contributed by atoms with Gasteiger partial charge in [-0.15, -0.1) is 0 Å². The van der Waals surface area contributed by atoms with Crippen LogP contribution in [-0.2, 0) is 64.7 Å². The predicted octanol–water partition coefficient (Wildman–Crippen LogP) is 0.275. The fraction of sp³-hybridized carbons (Fsp3) is 0. The van der Waals surface area contributed by atoms with Crippen LogP contribution in [0.5, 0.6) is 0 Å². The van der Waals surface area contributed by atoms with Crippen molar-refractivity contribution in [3.05, 3.63) is 12.7 Å². The summed E-state index contributed by atoms with van der Waals surface area (Å²) >= 11 is 0. The second kappa shape index (κ2) is 26.5. The average molecular weight is 209 g/mol. The smallest absolute Gasteiger partial charge is 0 e. The average Bonchev–Trinajstić information content (AvgIpc) is 1.37. The monoisotopic (exact) mass is 209 g/mol. The van der Waals surface area contributed by atoms with Crippen LogP contribution in [0.4, 0.5) is 0 Å². The minimum Gasteiger partial charge on any atom is -0.419 e. The fourth-order valence-electron chi connectivity index (χ4n) is 0. The third-order valence-corrected chi connectivity index (χ3v) is 0.0833. The maximum Gasteiger partial charge on any atom is 0 e. The molecule has 0 amide bonds. The summed E-state index contributed by atoms with van der Waals surface area (Å²) in [6.45, 7) is 3.06. The van der Waals surface area contributed by atoms with Crippen LogP contribution in [0, 0.1) is 0 Å². The molecule has 0 radical (unpaired) electrons. The molecule has 4 heteroatoms. The molecule has 0 saturated heterocycles. The number of hydrogen-bond acceptors (Lipinski definition) is 1. The molecule has 0 aliphatic rings. The Bertz CT molecular complexity index is 33.9. The van der Waals surface area contributed by atoms with E-state index in [0.29, 0.717) is 0 Å². The SMILES string of the molecule is C=C[C-]=O.[Ni].[Ti].[Ti]. The summed E-state index contributed by atoms with van der Waals surface area (Å²) in [5.74, 6) is 0. The molecule has 0 aromatic carbocycles. The van der Waals surface area contributed by atoms with Crippen molar-refractivity contribution < 1.29 is 64.7 Å². The summed E-state index contributed by atoms with van der Waals surface area (Å²) in [6, 6.07) is 0. The van der Waals surface area contributed by atoms with Gasteiger partial charge in [0.2, 0.25) is 0 Å². The molecular weight excluding hydrogens is 206 g/mol. The third kappa shape index (κ3) is 38.3. The molecule has 0 rings (SSSR count). The minimum atomic E-state index is 0. The van der Waals surface area contributed by atoms with Crippen molar-refractivity contribution in [1.29, 1.82) is 0 Å². The molecule has 40 valence electrons. The van der Waals surface area contributed by atoms with Crippen LogP contribution in [0.15, 0.2) is 12.7 Å². The zero-order valence-electron chi connectivity index (χ0n) is 3.51. The Morgan fingerprint density at radius 1 is 1.43 bits per heavy atom. The summed E-state index contributed by atoms with van der Waals surface area (Å²) in [5, 5.41) is 0. The molecule has 0 aromatic rings. The fourth-order valence-corrected chi connectivity index (χ4v) is 0. The number of rotatable bonds is 1. The van der Waals surface area contributed by atoms with Crippen LogP contribution in [-0.4, -0.2) is 6.29 Å². The first-order valence-electron chi connectivity index (χ1n) is 0.901. The van der Waals surface area contributed by atoms with Gasteiger partial charge < -0.3 is 4.79 Å². The number of hydrogen-bond donors (Lipinski definition) is 0. The van der Waals surface area contributed by atoms with E-state index in [1.165, 1.54) is 6.29 Å². The van der Waals surface area contributed by atoms with Gasteiger partial charge in [-0.05, 0) is 6.29 Å². The Balaban J connectivity index is -0.0000000150. The summed E-state index contributed by atoms with van der Waals surface area (Å²) in [7, 11) is 0. The first-order chi connectivity index (χ1) is 1.91. The molecule has 0 fully saturated rings. The van der Waals surface area contributed by atoms with Gasteiger partial charge in [-0.3, -0.25) is 0 Å². The molecule has 0 aromatic heterocycles. The van der Waals surface area contributed by atoms with Crippen molar-refractivity contribution in [3.63, 3.8) is 0 Å². The summed E-state index contributed by atoms with van der Waals surface area (Å²) in [4.78, 5) is 8.93. The zero-order valence-corrected chi connectivity index (χ0v) is 7.62. The molecule has 1 nitrogen and oxygen atoms in total. The van der Waals surface area contributed by atoms with Crippen LogP contribution in [0.3, 0.4) is 0 Å². The molecular formula is C3H3NiOTi2-. The van der Waals surface area contributed by atoms with Gasteiger partial charge in [-0.2, -0.15) is 0 Å². The normalized spacial score (nSPS) is 2.86. The Morgan fingerprint density at radius 3 is 1.57 bits per heavy atom. The second-order valence-electron chi connectivity index (χ2n) is 0.322. The first kappa shape index (κ1) is 23.9. The third-order valence-electron chi connectivity index (χ3n) is 0.0833. The van der Waals surface area contributed by atoms with Gasteiger partial charge in [0.25, 0.3) is 0 Å². The summed E-state index contributed by atoms with van der Waals surface area (Å²) in [5.41, 5.74) is 0. The molecule has 0 spiro atoms. The first-order valence-corrected chi connectivity index (χ1v) is 0.901. The maximum atomic E-state index is 8.93. The van der Waals surface area contributed by atoms with Crippen molar-refractivity contribution in [1.82, 2.24) is 0 Å². The van der Waals surface area contributed by atoms with Gasteiger partial charge in [0.05, 0.1) is 0 Å². The Kier molecular flexibility index (Phi) is 90.3. The van der Waals surface area contributed by atoms with Crippen LogP contribution >= 0.6 is 0 Å². The molecule has 7 heavy (non-hydrogen) atoms. The second-order valence-corrected chi connectivity index (χ2v) is 0.322. The Morgan fingerprint density at radius 2 is 1.57 bits per heavy atom. The summed E-state index contributed by atoms with van der Waals surface area (Å²) in [6.07, 6.45) is 2.51. The standard InChI is InChI=1S/C3H3O.Ni.2Ti/c1-2-3-4;;;/h2H,1H2;;;/q-1;;;. The molecule has 0 atom stereocenters. The van der Waals surface area contributed by atoms with Gasteiger partial charge in [-0.25, -0.2) is 12.7 Å². The van der Waals surface area contributed by atoms with Crippen molar-refractivity contribution in [2.75, 3.05) is 0 Å². The molecule has 0 aliphatic carbocycles. The molecule has 0 heterocycles. The quantitative estimate of drug-likeness (QED) is 0.344. The van der Waals surface area contributed by atoms with Gasteiger partial charge in [0.1, 0.15) is 0 Å². The molecule has 0 unspecified atom stereocenters. The Hall–Kier alpha value is 1.33. The van der Waals surface area contributed by atoms with Crippen LogP contribution in [0.1, 0.15) is 0 Å². The molecule has 0 N–H and O–H groups in total.